The Morgan fingerprint density at radius 2 is 2.21 bits per heavy atom. The lowest BCUT2D eigenvalue weighted by atomic mass is 9.93. The van der Waals surface area contributed by atoms with E-state index in [0.29, 0.717) is 6.10 Å². The van der Waals surface area contributed by atoms with Gasteiger partial charge < -0.3 is 9.47 Å². The first-order valence-electron chi connectivity index (χ1n) is 5.62. The molecule has 0 aliphatic carbocycles. The molecular weight excluding hydrogens is 178 g/mol. The molecule has 2 aliphatic rings. The maximum atomic E-state index is 5.76. The monoisotopic (exact) mass is 199 g/mol. The van der Waals surface area contributed by atoms with Crippen LogP contribution in [0.4, 0.5) is 0 Å². The molecule has 0 aromatic rings. The van der Waals surface area contributed by atoms with E-state index >= 15 is 0 Å². The second-order valence-electron chi connectivity index (χ2n) is 5.22. The Morgan fingerprint density at radius 3 is 2.79 bits per heavy atom. The van der Waals surface area contributed by atoms with Crippen LogP contribution >= 0.6 is 0 Å². The zero-order valence-electron chi connectivity index (χ0n) is 9.21. The summed E-state index contributed by atoms with van der Waals surface area (Å²) in [6.07, 6.45) is 4.06. The SMILES string of the molecule is CC1(C)CNC(CC2CCCO2)OC1. The molecule has 0 aromatic carbocycles. The molecule has 0 radical (unpaired) electrons. The Morgan fingerprint density at radius 1 is 1.36 bits per heavy atom. The molecule has 0 aromatic heterocycles. The summed E-state index contributed by atoms with van der Waals surface area (Å²) in [6.45, 7) is 7.29. The highest BCUT2D eigenvalue weighted by atomic mass is 16.5. The molecule has 2 rings (SSSR count). The highest BCUT2D eigenvalue weighted by molar-refractivity contribution is 4.79. The highest BCUT2D eigenvalue weighted by Gasteiger charge is 2.29. The fourth-order valence-corrected chi connectivity index (χ4v) is 2.05. The molecule has 2 aliphatic heterocycles. The van der Waals surface area contributed by atoms with E-state index in [2.05, 4.69) is 19.2 Å². The fraction of sp³-hybridized carbons (Fsp3) is 1.00. The summed E-state index contributed by atoms with van der Waals surface area (Å²) in [5.41, 5.74) is 0.285. The summed E-state index contributed by atoms with van der Waals surface area (Å²) in [6, 6.07) is 0. The van der Waals surface area contributed by atoms with E-state index in [1.807, 2.05) is 0 Å². The topological polar surface area (TPSA) is 30.5 Å². The molecule has 0 bridgehead atoms. The van der Waals surface area contributed by atoms with Gasteiger partial charge in [-0.1, -0.05) is 13.8 Å². The number of hydrogen-bond acceptors (Lipinski definition) is 3. The molecule has 0 amide bonds. The van der Waals surface area contributed by atoms with Gasteiger partial charge in [0.1, 0.15) is 6.23 Å². The van der Waals surface area contributed by atoms with Crippen LogP contribution in [0.3, 0.4) is 0 Å². The summed E-state index contributed by atoms with van der Waals surface area (Å²) in [4.78, 5) is 0. The van der Waals surface area contributed by atoms with Gasteiger partial charge in [0.05, 0.1) is 12.7 Å². The van der Waals surface area contributed by atoms with Crippen molar-refractivity contribution in [3.05, 3.63) is 0 Å². The smallest absolute Gasteiger partial charge is 0.110 e. The summed E-state index contributed by atoms with van der Waals surface area (Å²) in [5.74, 6) is 0. The van der Waals surface area contributed by atoms with Crippen LogP contribution in [0.5, 0.6) is 0 Å². The van der Waals surface area contributed by atoms with Crippen molar-refractivity contribution >= 4 is 0 Å². The van der Waals surface area contributed by atoms with Gasteiger partial charge >= 0.3 is 0 Å². The van der Waals surface area contributed by atoms with E-state index in [1.165, 1.54) is 12.8 Å². The minimum Gasteiger partial charge on any atom is -0.378 e. The summed E-state index contributed by atoms with van der Waals surface area (Å²) >= 11 is 0. The van der Waals surface area contributed by atoms with E-state index in [0.717, 1.165) is 26.2 Å². The van der Waals surface area contributed by atoms with Crippen LogP contribution in [0, 0.1) is 5.41 Å². The third-order valence-electron chi connectivity index (χ3n) is 2.98. The Bertz CT molecular complexity index is 178. The van der Waals surface area contributed by atoms with E-state index in [9.17, 15) is 0 Å². The van der Waals surface area contributed by atoms with Gasteiger partial charge in [0.15, 0.2) is 0 Å². The number of nitrogens with one attached hydrogen (secondary N) is 1. The lowest BCUT2D eigenvalue weighted by Crippen LogP contribution is -2.48. The van der Waals surface area contributed by atoms with Crippen molar-refractivity contribution in [2.75, 3.05) is 19.8 Å². The molecule has 3 heteroatoms. The maximum absolute atomic E-state index is 5.76. The van der Waals surface area contributed by atoms with Crippen molar-refractivity contribution in [3.8, 4) is 0 Å². The zero-order chi connectivity index (χ0) is 10.0. The van der Waals surface area contributed by atoms with E-state index in [1.54, 1.807) is 0 Å². The third-order valence-corrected chi connectivity index (χ3v) is 2.98. The number of rotatable bonds is 2. The highest BCUT2D eigenvalue weighted by Crippen LogP contribution is 2.23. The van der Waals surface area contributed by atoms with Gasteiger partial charge in [-0.3, -0.25) is 5.32 Å². The standard InChI is InChI=1S/C11H21NO2/c1-11(2)7-12-10(14-8-11)6-9-4-3-5-13-9/h9-10,12H,3-8H2,1-2H3. The molecule has 2 heterocycles. The summed E-state index contributed by atoms with van der Waals surface area (Å²) < 4.78 is 11.4. The molecule has 14 heavy (non-hydrogen) atoms. The minimum atomic E-state index is 0.214. The quantitative estimate of drug-likeness (QED) is 0.731. The van der Waals surface area contributed by atoms with Crippen molar-refractivity contribution < 1.29 is 9.47 Å². The van der Waals surface area contributed by atoms with Crippen molar-refractivity contribution in [2.24, 2.45) is 5.41 Å². The van der Waals surface area contributed by atoms with Crippen molar-refractivity contribution in [1.29, 1.82) is 0 Å². The van der Waals surface area contributed by atoms with Gasteiger partial charge in [-0.05, 0) is 12.8 Å². The lowest BCUT2D eigenvalue weighted by Gasteiger charge is -2.36. The van der Waals surface area contributed by atoms with Crippen molar-refractivity contribution in [3.63, 3.8) is 0 Å². The van der Waals surface area contributed by atoms with E-state index in [4.69, 9.17) is 9.47 Å². The molecule has 82 valence electrons. The molecule has 0 saturated carbocycles. The van der Waals surface area contributed by atoms with E-state index < -0.39 is 0 Å². The van der Waals surface area contributed by atoms with Gasteiger partial charge in [-0.2, -0.15) is 0 Å². The predicted octanol–water partition coefficient (Wildman–Crippen LogP) is 1.53. The largest absolute Gasteiger partial charge is 0.378 e. The van der Waals surface area contributed by atoms with Crippen LogP contribution < -0.4 is 5.32 Å². The Balaban J connectivity index is 1.72. The Labute approximate surface area is 86.2 Å². The first-order chi connectivity index (χ1) is 6.66. The Hall–Kier alpha value is -0.120. The van der Waals surface area contributed by atoms with Gasteiger partial charge in [-0.25, -0.2) is 0 Å². The van der Waals surface area contributed by atoms with Crippen LogP contribution in [0.15, 0.2) is 0 Å². The average Bonchev–Trinajstić information content (AvgIpc) is 2.61. The summed E-state index contributed by atoms with van der Waals surface area (Å²) in [5, 5.41) is 3.43. The third kappa shape index (κ3) is 2.69. The molecule has 2 atom stereocenters. The second-order valence-corrected chi connectivity index (χ2v) is 5.22. The number of ether oxygens (including phenoxy) is 2. The molecule has 3 nitrogen and oxygen atoms in total. The zero-order valence-corrected chi connectivity index (χ0v) is 9.21. The molecule has 1 N–H and O–H groups in total. The Kier molecular flexibility index (Phi) is 3.10. The predicted molar refractivity (Wildman–Crippen MR) is 55.1 cm³/mol. The molecule has 0 spiro atoms. The van der Waals surface area contributed by atoms with E-state index in [-0.39, 0.29) is 11.6 Å². The van der Waals surface area contributed by atoms with Crippen LogP contribution in [-0.2, 0) is 9.47 Å². The van der Waals surface area contributed by atoms with Crippen LogP contribution in [-0.4, -0.2) is 32.1 Å². The van der Waals surface area contributed by atoms with Crippen LogP contribution in [0.1, 0.15) is 33.1 Å². The van der Waals surface area contributed by atoms with Gasteiger partial charge in [0.2, 0.25) is 0 Å². The minimum absolute atomic E-state index is 0.214. The van der Waals surface area contributed by atoms with Gasteiger partial charge in [0.25, 0.3) is 0 Å². The van der Waals surface area contributed by atoms with Crippen molar-refractivity contribution in [1.82, 2.24) is 5.32 Å². The van der Waals surface area contributed by atoms with Gasteiger partial charge in [-0.15, -0.1) is 0 Å². The molecule has 2 unspecified atom stereocenters. The lowest BCUT2D eigenvalue weighted by molar-refractivity contribution is -0.0779. The molecule has 2 fully saturated rings. The average molecular weight is 199 g/mol. The normalized spacial score (nSPS) is 37.3. The molecular formula is C11H21NO2. The fourth-order valence-electron chi connectivity index (χ4n) is 2.05. The van der Waals surface area contributed by atoms with Crippen molar-refractivity contribution in [2.45, 2.75) is 45.4 Å². The van der Waals surface area contributed by atoms with Crippen LogP contribution in [0.2, 0.25) is 0 Å². The maximum Gasteiger partial charge on any atom is 0.110 e. The van der Waals surface area contributed by atoms with Crippen LogP contribution in [0.25, 0.3) is 0 Å². The molecule has 2 saturated heterocycles. The number of hydrogen-bond donors (Lipinski definition) is 1. The van der Waals surface area contributed by atoms with Gasteiger partial charge in [0, 0.05) is 25.0 Å². The second kappa shape index (κ2) is 4.17. The summed E-state index contributed by atoms with van der Waals surface area (Å²) in [7, 11) is 0. The first kappa shape index (κ1) is 10.4. The first-order valence-corrected chi connectivity index (χ1v) is 5.62.